The van der Waals surface area contributed by atoms with Crippen LogP contribution in [0.25, 0.3) is 0 Å². The van der Waals surface area contributed by atoms with Crippen molar-refractivity contribution in [2.24, 2.45) is 0 Å². The molecule has 0 saturated carbocycles. The van der Waals surface area contributed by atoms with Crippen LogP contribution in [0.15, 0.2) is 237 Å². The molecule has 0 unspecified atom stereocenters. The summed E-state index contributed by atoms with van der Waals surface area (Å²) in [6.07, 6.45) is -0.667. The van der Waals surface area contributed by atoms with Gasteiger partial charge in [0.15, 0.2) is 0 Å². The number of rotatable bonds is 12. The van der Waals surface area contributed by atoms with Gasteiger partial charge in [-0.25, -0.2) is 0 Å². The first-order valence-corrected chi connectivity index (χ1v) is 27.1. The molecule has 0 fully saturated rings. The molecule has 0 heterocycles. The first-order chi connectivity index (χ1) is 39.2. The Kier molecular flexibility index (Phi) is 38.1. The van der Waals surface area contributed by atoms with Gasteiger partial charge in [-0.05, 0) is 208 Å². The largest absolute Gasteiger partial charge is 0.497 e. The van der Waals surface area contributed by atoms with Crippen molar-refractivity contribution >= 4 is 68.2 Å². The molecule has 0 aliphatic carbocycles. The van der Waals surface area contributed by atoms with E-state index in [1.165, 1.54) is 5.56 Å². The number of nitrogen functional groups attached to an aromatic ring is 2. The van der Waals surface area contributed by atoms with E-state index in [0.717, 1.165) is 79.7 Å². The van der Waals surface area contributed by atoms with E-state index >= 15 is 0 Å². The average Bonchev–Trinajstić information content (AvgIpc) is 3.51. The van der Waals surface area contributed by atoms with Crippen molar-refractivity contribution in [3.8, 4) is 11.5 Å². The fourth-order valence-corrected chi connectivity index (χ4v) is 6.22. The van der Waals surface area contributed by atoms with E-state index in [2.05, 4.69) is 82.0 Å². The van der Waals surface area contributed by atoms with Gasteiger partial charge >= 0.3 is 0 Å². The van der Waals surface area contributed by atoms with Crippen molar-refractivity contribution in [2.45, 2.75) is 86.7 Å². The monoisotopic (exact) mass is 1160 g/mol. The van der Waals surface area contributed by atoms with E-state index in [1.807, 2.05) is 188 Å². The van der Waals surface area contributed by atoms with E-state index in [-0.39, 0.29) is 46.1 Å². The summed E-state index contributed by atoms with van der Waals surface area (Å²) in [5.74, 6) is 1.67. The van der Waals surface area contributed by atoms with Crippen molar-refractivity contribution in [3.05, 3.63) is 242 Å². The Hall–Kier alpha value is -8.27. The molecule has 9 aromatic carbocycles. The number of ether oxygens (including phenoxy) is 2. The molecule has 0 radical (unpaired) electrons. The van der Waals surface area contributed by atoms with Gasteiger partial charge in [-0.1, -0.05) is 84.4 Å². The van der Waals surface area contributed by atoms with Crippen LogP contribution in [0.3, 0.4) is 0 Å². The number of hydrogen-bond donors (Lipinski definition) is 11. The second kappa shape index (κ2) is 43.5. The van der Waals surface area contributed by atoms with Crippen molar-refractivity contribution in [1.29, 1.82) is 0 Å². The van der Waals surface area contributed by atoms with Crippen molar-refractivity contribution in [2.75, 3.05) is 52.3 Å². The van der Waals surface area contributed by atoms with Gasteiger partial charge in [0.25, 0.3) is 0 Å². The molecule has 0 spiro atoms. The number of aryl methyl sites for hydroxylation is 1. The van der Waals surface area contributed by atoms with Gasteiger partial charge in [-0.15, -0.1) is 0 Å². The van der Waals surface area contributed by atoms with E-state index in [0.29, 0.717) is 0 Å². The number of hydrogen-bond acceptors (Lipinski definition) is 13. The van der Waals surface area contributed by atoms with E-state index in [9.17, 15) is 0 Å². The smallest absolute Gasteiger partial charge is 0.120 e. The van der Waals surface area contributed by atoms with Gasteiger partial charge in [-0.3, -0.25) is 0 Å². The van der Waals surface area contributed by atoms with Gasteiger partial charge in [0.2, 0.25) is 0 Å². The molecule has 0 aliphatic rings. The summed E-state index contributed by atoms with van der Waals surface area (Å²) >= 11 is 0. The van der Waals surface area contributed by atoms with E-state index in [4.69, 9.17) is 41.4 Å². The minimum Gasteiger partial charge on any atom is -0.497 e. The first-order valence-electron chi connectivity index (χ1n) is 27.1. The Balaban J connectivity index is 0.000000543. The van der Waals surface area contributed by atoms with Crippen molar-refractivity contribution in [3.63, 3.8) is 0 Å². The number of anilines is 12. The van der Waals surface area contributed by atoms with Crippen LogP contribution in [-0.4, -0.2) is 59.1 Å². The molecule has 0 bridgehead atoms. The molecule has 13 nitrogen and oxygen atoms in total. The summed E-state index contributed by atoms with van der Waals surface area (Å²) < 4.78 is 10.4. The maximum absolute atomic E-state index is 8.06. The average molecular weight is 1160 g/mol. The van der Waals surface area contributed by atoms with Crippen LogP contribution in [0, 0.1) is 6.92 Å². The summed E-state index contributed by atoms with van der Waals surface area (Å²) in [6, 6.07) is 77.9. The Labute approximate surface area is 509 Å². The van der Waals surface area contributed by atoms with Crippen LogP contribution < -0.4 is 47.5 Å². The van der Waals surface area contributed by atoms with Gasteiger partial charge in [-0.2, -0.15) is 0 Å². The number of nitrogens with one attached hydrogen (secondary N) is 5. The minimum atomic E-state index is -0.167. The fourth-order valence-electron chi connectivity index (χ4n) is 6.22. The van der Waals surface area contributed by atoms with Crippen molar-refractivity contribution < 1.29 is 51.6 Å². The molecule has 0 atom stereocenters. The molecule has 0 aromatic heterocycles. The zero-order chi connectivity index (χ0) is 60.5. The summed E-state index contributed by atoms with van der Waals surface area (Å²) in [5, 5.41) is 49.0. The molecule has 13 N–H and O–H groups in total. The molecule has 0 amide bonds. The Morgan fingerprint density at radius 3 is 0.699 bits per heavy atom. The zero-order valence-corrected chi connectivity index (χ0v) is 51.6. The predicted molar refractivity (Wildman–Crippen MR) is 350 cm³/mol. The number of aliphatic hydroxyl groups excluding tert-OH is 4. The van der Waals surface area contributed by atoms with Crippen LogP contribution in [0.5, 0.6) is 11.5 Å². The summed E-state index contributed by atoms with van der Waals surface area (Å²) in [5.41, 5.74) is 24.4. The number of methoxy groups -OCH3 is 2. The van der Waals surface area contributed by atoms with Crippen molar-refractivity contribution in [1.82, 2.24) is 0 Å². The third-order valence-corrected chi connectivity index (χ3v) is 9.66. The maximum atomic E-state index is 8.06. The number of para-hydroxylation sites is 2. The molecular formula is C69H89N7O6Ti. The molecule has 14 heteroatoms. The van der Waals surface area contributed by atoms with Crippen LogP contribution in [0.2, 0.25) is 0 Å². The quantitative estimate of drug-likeness (QED) is 0.0407. The Bertz CT molecular complexity index is 2940. The van der Waals surface area contributed by atoms with Crippen LogP contribution in [0.1, 0.15) is 61.0 Å². The minimum absolute atomic E-state index is 0. The molecule has 440 valence electrons. The van der Waals surface area contributed by atoms with Crippen LogP contribution in [0.4, 0.5) is 68.2 Å². The summed E-state index contributed by atoms with van der Waals surface area (Å²) in [6.45, 7) is 15.9. The van der Waals surface area contributed by atoms with E-state index in [1.54, 1.807) is 69.6 Å². The predicted octanol–water partition coefficient (Wildman–Crippen LogP) is 16.5. The maximum Gasteiger partial charge on any atom is 0.120 e. The van der Waals surface area contributed by atoms with Gasteiger partial charge < -0.3 is 68.0 Å². The Morgan fingerprint density at radius 1 is 0.289 bits per heavy atom. The Morgan fingerprint density at radius 2 is 0.482 bits per heavy atom. The topological polar surface area (TPSA) is 212 Å². The van der Waals surface area contributed by atoms with Crippen LogP contribution in [-0.2, 0) is 21.7 Å². The van der Waals surface area contributed by atoms with Crippen LogP contribution >= 0.6 is 0 Å². The number of benzene rings is 9. The third-order valence-electron chi connectivity index (χ3n) is 9.66. The molecular weight excluding hydrogens is 1070 g/mol. The standard InChI is InChI=1S/C25H23N3O.C13H14N2O.C12H12N2.C7H8.4C3H8O.Ti/c1-29-25-9-5-8-24(18-25)28-23-16-14-22(15-17-23)27-21-12-10-20(11-13-21)26-19-6-3-2-4-7-19;1-16-13-4-2-3-12(9-13)15-11-7-5-10(14)6-8-11;13-10-6-8-12(9-7-10)14-11-4-2-1-3-5-11;1-7-5-3-2-4-6-7;4*1-3(2)4;/h2-18,26-28H,1H3;2-9,15H,14H2,1H3;1-9,14H,13H2;2-6H,1H3;4*3-4H,1-2H3;. The molecule has 83 heavy (non-hydrogen) atoms. The molecule has 9 aromatic rings. The van der Waals surface area contributed by atoms with Gasteiger partial charge in [0.05, 0.1) is 14.2 Å². The SMILES string of the molecule is CC(C)O.CC(C)O.CC(C)O.CC(C)O.COc1cccc(Nc2ccc(N)cc2)c1.COc1cccc(Nc2ccc(Nc3ccc(Nc4ccccc4)cc3)cc2)c1.Cc1ccccc1.Nc1ccc(Nc2ccccc2)cc1.[Ti]. The normalized spacial score (nSPS) is 9.58. The second-order valence-electron chi connectivity index (χ2n) is 19.2. The number of aliphatic hydroxyl groups is 4. The zero-order valence-electron chi connectivity index (χ0n) is 50.1. The van der Waals surface area contributed by atoms with E-state index < -0.39 is 0 Å². The molecule has 0 aliphatic heterocycles. The number of nitrogens with two attached hydrogens (primary N) is 2. The second-order valence-corrected chi connectivity index (χ2v) is 19.2. The third kappa shape index (κ3) is 38.1. The summed E-state index contributed by atoms with van der Waals surface area (Å²) in [7, 11) is 3.33. The fraction of sp³-hybridized carbons (Fsp3) is 0.217. The first kappa shape index (κ1) is 72.7. The van der Waals surface area contributed by atoms with Gasteiger partial charge in [0, 0.05) is 127 Å². The molecule has 9 rings (SSSR count). The van der Waals surface area contributed by atoms with Gasteiger partial charge in [0.1, 0.15) is 11.5 Å². The summed E-state index contributed by atoms with van der Waals surface area (Å²) in [4.78, 5) is 0. The molecule has 0 saturated heterocycles.